The van der Waals surface area contributed by atoms with Crippen LogP contribution in [0.25, 0.3) is 0 Å². The lowest BCUT2D eigenvalue weighted by Gasteiger charge is -2.31. The van der Waals surface area contributed by atoms with Gasteiger partial charge in [-0.25, -0.2) is 8.42 Å². The van der Waals surface area contributed by atoms with Gasteiger partial charge in [0, 0.05) is 37.9 Å². The van der Waals surface area contributed by atoms with Crippen molar-refractivity contribution in [1.29, 1.82) is 0 Å². The van der Waals surface area contributed by atoms with Gasteiger partial charge in [0.2, 0.25) is 21.8 Å². The third-order valence-electron chi connectivity index (χ3n) is 4.58. The molecule has 2 N–H and O–H groups in total. The van der Waals surface area contributed by atoms with Crippen LogP contribution < -0.4 is 10.6 Å². The summed E-state index contributed by atoms with van der Waals surface area (Å²) in [6.45, 7) is 3.94. The van der Waals surface area contributed by atoms with Crippen LogP contribution in [0.2, 0.25) is 0 Å². The summed E-state index contributed by atoms with van der Waals surface area (Å²) in [5.74, 6) is 0.387. The van der Waals surface area contributed by atoms with E-state index >= 15 is 0 Å². The van der Waals surface area contributed by atoms with E-state index in [0.717, 1.165) is 11.8 Å². The maximum Gasteiger partial charge on any atom is 0.243 e. The normalized spacial score (nSPS) is 15.5. The highest BCUT2D eigenvalue weighted by molar-refractivity contribution is 8.00. The number of benzene rings is 1. The van der Waals surface area contributed by atoms with Crippen molar-refractivity contribution in [2.45, 2.75) is 11.8 Å². The summed E-state index contributed by atoms with van der Waals surface area (Å²) in [5, 5.41) is 8.92. The molecule has 2 aromatic rings. The standard InChI is InChI=1S/C19H25N5O5S2/c1-14-10-17(22-29-14)21-19(26)13-30-12-18(25)20-15-4-3-5-16(11-15)31(27,28)24-8-6-23(2)7-9-24/h3-5,10-11H,6-9,12-13H2,1-2H3,(H,20,25)(H,21,22,26). The highest BCUT2D eigenvalue weighted by Crippen LogP contribution is 2.21. The molecular formula is C19H25N5O5S2. The van der Waals surface area contributed by atoms with Gasteiger partial charge in [-0.1, -0.05) is 11.2 Å². The van der Waals surface area contributed by atoms with Crippen LogP contribution in [0, 0.1) is 6.92 Å². The lowest BCUT2D eigenvalue weighted by atomic mass is 10.3. The Balaban J connectivity index is 1.49. The topological polar surface area (TPSA) is 125 Å². The van der Waals surface area contributed by atoms with Crippen molar-refractivity contribution in [2.24, 2.45) is 0 Å². The van der Waals surface area contributed by atoms with E-state index in [4.69, 9.17) is 4.52 Å². The Kier molecular flexibility index (Phi) is 7.70. The fourth-order valence-electron chi connectivity index (χ4n) is 2.95. The molecule has 0 unspecified atom stereocenters. The van der Waals surface area contributed by atoms with E-state index in [1.807, 2.05) is 7.05 Å². The van der Waals surface area contributed by atoms with Gasteiger partial charge in [0.05, 0.1) is 16.4 Å². The number of thioether (sulfide) groups is 1. The molecule has 1 fully saturated rings. The number of anilines is 2. The molecule has 1 saturated heterocycles. The summed E-state index contributed by atoms with van der Waals surface area (Å²) in [4.78, 5) is 26.3. The number of carbonyl (C=O) groups excluding carboxylic acids is 2. The van der Waals surface area contributed by atoms with Gasteiger partial charge < -0.3 is 20.1 Å². The van der Waals surface area contributed by atoms with Crippen molar-refractivity contribution in [3.05, 3.63) is 36.1 Å². The molecule has 1 aromatic heterocycles. The third-order valence-corrected chi connectivity index (χ3v) is 7.41. The number of likely N-dealkylation sites (N-methyl/N-ethyl adjacent to an activating group) is 1. The quantitative estimate of drug-likeness (QED) is 0.594. The van der Waals surface area contributed by atoms with Gasteiger partial charge in [0.1, 0.15) is 5.76 Å². The first-order valence-electron chi connectivity index (χ1n) is 9.63. The van der Waals surface area contributed by atoms with E-state index in [9.17, 15) is 18.0 Å². The van der Waals surface area contributed by atoms with Gasteiger partial charge in [0.25, 0.3) is 0 Å². The largest absolute Gasteiger partial charge is 0.360 e. The molecular weight excluding hydrogens is 442 g/mol. The Bertz CT molecular complexity index is 1030. The monoisotopic (exact) mass is 467 g/mol. The number of sulfonamides is 1. The number of nitrogens with one attached hydrogen (secondary N) is 2. The van der Waals surface area contributed by atoms with Crippen molar-refractivity contribution < 1.29 is 22.5 Å². The minimum absolute atomic E-state index is 0.0424. The number of hydrogen-bond donors (Lipinski definition) is 2. The minimum atomic E-state index is -3.62. The number of piperazine rings is 1. The summed E-state index contributed by atoms with van der Waals surface area (Å²) in [6.07, 6.45) is 0. The maximum absolute atomic E-state index is 12.9. The van der Waals surface area contributed by atoms with E-state index in [2.05, 4.69) is 20.7 Å². The molecule has 0 radical (unpaired) electrons. The van der Waals surface area contributed by atoms with Gasteiger partial charge >= 0.3 is 0 Å². The van der Waals surface area contributed by atoms with Gasteiger partial charge in [-0.3, -0.25) is 9.59 Å². The zero-order valence-corrected chi connectivity index (χ0v) is 19.0. The second kappa shape index (κ2) is 10.3. The molecule has 1 aromatic carbocycles. The summed E-state index contributed by atoms with van der Waals surface area (Å²) < 4.78 is 32.1. The lowest BCUT2D eigenvalue weighted by molar-refractivity contribution is -0.114. The first kappa shape index (κ1) is 23.3. The van der Waals surface area contributed by atoms with E-state index in [0.29, 0.717) is 43.4 Å². The molecule has 2 heterocycles. The second-order valence-corrected chi connectivity index (χ2v) is 10.1. The van der Waals surface area contributed by atoms with Crippen LogP contribution >= 0.6 is 11.8 Å². The van der Waals surface area contributed by atoms with Crippen LogP contribution in [0.1, 0.15) is 5.76 Å². The van der Waals surface area contributed by atoms with E-state index in [-0.39, 0.29) is 28.2 Å². The van der Waals surface area contributed by atoms with E-state index in [1.54, 1.807) is 25.1 Å². The Labute approximate surface area is 185 Å². The van der Waals surface area contributed by atoms with Crippen LogP contribution in [-0.2, 0) is 19.6 Å². The highest BCUT2D eigenvalue weighted by atomic mass is 32.2. The Hall–Kier alpha value is -2.41. The van der Waals surface area contributed by atoms with Gasteiger partial charge in [-0.2, -0.15) is 4.31 Å². The Morgan fingerprint density at radius 1 is 1.10 bits per heavy atom. The fourth-order valence-corrected chi connectivity index (χ4v) is 5.04. The molecule has 12 heteroatoms. The first-order chi connectivity index (χ1) is 14.7. The Morgan fingerprint density at radius 2 is 1.77 bits per heavy atom. The SMILES string of the molecule is Cc1cc(NC(=O)CSCC(=O)Nc2cccc(S(=O)(=O)N3CCN(C)CC3)c2)no1. The molecule has 31 heavy (non-hydrogen) atoms. The zero-order chi connectivity index (χ0) is 22.4. The molecule has 168 valence electrons. The first-order valence-corrected chi connectivity index (χ1v) is 12.2. The summed E-state index contributed by atoms with van der Waals surface area (Å²) >= 11 is 1.13. The minimum Gasteiger partial charge on any atom is -0.360 e. The number of hydrogen-bond acceptors (Lipinski definition) is 8. The molecule has 0 bridgehead atoms. The third kappa shape index (κ3) is 6.53. The van der Waals surface area contributed by atoms with Crippen LogP contribution in [0.4, 0.5) is 11.5 Å². The van der Waals surface area contributed by atoms with E-state index in [1.165, 1.54) is 16.4 Å². The predicted octanol–water partition coefficient (Wildman–Crippen LogP) is 1.23. The number of rotatable bonds is 8. The molecule has 3 rings (SSSR count). The van der Waals surface area contributed by atoms with Crippen molar-refractivity contribution in [3.8, 4) is 0 Å². The maximum atomic E-state index is 12.9. The molecule has 0 saturated carbocycles. The van der Waals surface area contributed by atoms with Crippen molar-refractivity contribution >= 4 is 45.1 Å². The molecule has 2 amide bonds. The van der Waals surface area contributed by atoms with Crippen LogP contribution in [0.15, 0.2) is 39.8 Å². The molecule has 1 aliphatic rings. The number of amides is 2. The zero-order valence-electron chi connectivity index (χ0n) is 17.3. The van der Waals surface area contributed by atoms with Gasteiger partial charge in [0.15, 0.2) is 5.82 Å². The Morgan fingerprint density at radius 3 is 2.42 bits per heavy atom. The second-order valence-electron chi connectivity index (χ2n) is 7.15. The number of aryl methyl sites for hydroxylation is 1. The molecule has 0 atom stereocenters. The number of nitrogens with zero attached hydrogens (tertiary/aromatic N) is 3. The van der Waals surface area contributed by atoms with Crippen LogP contribution in [0.3, 0.4) is 0 Å². The smallest absolute Gasteiger partial charge is 0.243 e. The lowest BCUT2D eigenvalue weighted by Crippen LogP contribution is -2.47. The van der Waals surface area contributed by atoms with Crippen molar-refractivity contribution in [3.63, 3.8) is 0 Å². The van der Waals surface area contributed by atoms with E-state index < -0.39 is 10.0 Å². The summed E-state index contributed by atoms with van der Waals surface area (Å²) in [6, 6.07) is 7.80. The fraction of sp³-hybridized carbons (Fsp3) is 0.421. The average molecular weight is 468 g/mol. The number of aromatic nitrogens is 1. The van der Waals surface area contributed by atoms with Crippen LogP contribution in [-0.4, -0.2) is 79.3 Å². The van der Waals surface area contributed by atoms with Gasteiger partial charge in [-0.15, -0.1) is 11.8 Å². The van der Waals surface area contributed by atoms with Crippen LogP contribution in [0.5, 0.6) is 0 Å². The molecule has 10 nitrogen and oxygen atoms in total. The number of carbonyl (C=O) groups is 2. The molecule has 1 aliphatic heterocycles. The average Bonchev–Trinajstić information content (AvgIpc) is 3.13. The predicted molar refractivity (Wildman–Crippen MR) is 119 cm³/mol. The van der Waals surface area contributed by atoms with Gasteiger partial charge in [-0.05, 0) is 32.2 Å². The summed E-state index contributed by atoms with van der Waals surface area (Å²) in [7, 11) is -1.66. The molecule has 0 spiro atoms. The van der Waals surface area contributed by atoms with Crippen molar-refractivity contribution in [2.75, 3.05) is 55.4 Å². The highest BCUT2D eigenvalue weighted by Gasteiger charge is 2.27. The molecule has 0 aliphatic carbocycles. The van der Waals surface area contributed by atoms with Crippen molar-refractivity contribution in [1.82, 2.24) is 14.4 Å². The summed E-state index contributed by atoms with van der Waals surface area (Å²) in [5.41, 5.74) is 0.392.